The van der Waals surface area contributed by atoms with Crippen LogP contribution in [0.4, 0.5) is 0 Å². The Morgan fingerprint density at radius 3 is 1.04 bits per heavy atom. The predicted octanol–water partition coefficient (Wildman–Crippen LogP) is 3.51. The lowest BCUT2D eigenvalue weighted by Gasteiger charge is -2.38. The average molecular weight is 349 g/mol. The van der Waals surface area contributed by atoms with Crippen LogP contribution in [0.2, 0.25) is 19.6 Å². The van der Waals surface area contributed by atoms with Crippen LogP contribution in [0.1, 0.15) is 0 Å². The van der Waals surface area contributed by atoms with Crippen molar-refractivity contribution in [1.82, 2.24) is 0 Å². The van der Waals surface area contributed by atoms with Crippen LogP contribution in [0, 0.1) is 0 Å². The molecular weight excluding hydrogens is 324 g/mol. The summed E-state index contributed by atoms with van der Waals surface area (Å²) in [5.41, 5.74) is 0. The topological polar surface area (TPSA) is 9.23 Å². The summed E-state index contributed by atoms with van der Waals surface area (Å²) < 4.78 is 7.06. The van der Waals surface area contributed by atoms with Crippen LogP contribution in [-0.2, 0) is 4.12 Å². The van der Waals surface area contributed by atoms with E-state index in [0.29, 0.717) is 0 Å². The highest BCUT2D eigenvalue weighted by Crippen LogP contribution is 2.16. The average Bonchev–Trinajstić information content (AvgIpc) is 2.61. The van der Waals surface area contributed by atoms with Crippen LogP contribution in [0.3, 0.4) is 0 Å². The summed E-state index contributed by atoms with van der Waals surface area (Å²) in [4.78, 5) is 0. The highest BCUT2D eigenvalue weighted by molar-refractivity contribution is 7.10. The van der Waals surface area contributed by atoms with Gasteiger partial charge in [0.15, 0.2) is 8.32 Å². The van der Waals surface area contributed by atoms with Gasteiger partial charge in [-0.3, -0.25) is 0 Å². The van der Waals surface area contributed by atoms with Crippen molar-refractivity contribution < 1.29 is 4.12 Å². The third-order valence-electron chi connectivity index (χ3n) is 4.00. The Morgan fingerprint density at radius 1 is 0.500 bits per heavy atom. The predicted molar refractivity (Wildman–Crippen MR) is 108 cm³/mol. The van der Waals surface area contributed by atoms with Gasteiger partial charge in [0.05, 0.1) is 0 Å². The van der Waals surface area contributed by atoms with Gasteiger partial charge in [-0.2, -0.15) is 0 Å². The van der Waals surface area contributed by atoms with Crippen LogP contribution < -0.4 is 15.6 Å². The van der Waals surface area contributed by atoms with Crippen LogP contribution in [0.5, 0.6) is 0 Å². The fourth-order valence-corrected chi connectivity index (χ4v) is 11.2. The maximum atomic E-state index is 7.06. The highest BCUT2D eigenvalue weighted by Gasteiger charge is 2.44. The van der Waals surface area contributed by atoms with Crippen LogP contribution in [0.15, 0.2) is 91.0 Å². The number of rotatable bonds is 5. The van der Waals surface area contributed by atoms with Gasteiger partial charge in [-0.15, -0.1) is 0 Å². The molecule has 0 aliphatic rings. The molecule has 1 nitrogen and oxygen atoms in total. The van der Waals surface area contributed by atoms with Crippen molar-refractivity contribution in [2.45, 2.75) is 19.6 Å². The molecule has 0 radical (unpaired) electrons. The molecule has 0 heterocycles. The third-order valence-corrected chi connectivity index (χ3v) is 11.1. The Bertz CT molecular complexity index is 669. The van der Waals surface area contributed by atoms with E-state index < -0.39 is 16.6 Å². The smallest absolute Gasteiger partial charge is 0.278 e. The molecule has 24 heavy (non-hydrogen) atoms. The quantitative estimate of drug-likeness (QED) is 0.506. The van der Waals surface area contributed by atoms with Gasteiger partial charge < -0.3 is 4.12 Å². The lowest BCUT2D eigenvalue weighted by Crippen LogP contribution is -2.72. The fraction of sp³-hybridized carbons (Fsp3) is 0.143. The van der Waals surface area contributed by atoms with E-state index in [1.807, 2.05) is 0 Å². The van der Waals surface area contributed by atoms with Gasteiger partial charge >= 0.3 is 0 Å². The van der Waals surface area contributed by atoms with Crippen molar-refractivity contribution in [3.63, 3.8) is 0 Å². The van der Waals surface area contributed by atoms with E-state index in [4.69, 9.17) is 4.12 Å². The summed E-state index contributed by atoms with van der Waals surface area (Å²) in [6.07, 6.45) is 0. The molecule has 3 heteroatoms. The summed E-state index contributed by atoms with van der Waals surface area (Å²) in [5.74, 6) is 0. The molecule has 0 N–H and O–H groups in total. The van der Waals surface area contributed by atoms with E-state index in [0.717, 1.165) is 0 Å². The maximum absolute atomic E-state index is 7.06. The maximum Gasteiger partial charge on any atom is 0.278 e. The molecule has 3 aromatic carbocycles. The molecule has 0 spiro atoms. The molecule has 3 rings (SSSR count). The molecular formula is C21H24OSi2. The number of hydrogen-bond acceptors (Lipinski definition) is 1. The molecule has 0 aliphatic carbocycles. The standard InChI is InChI=1S/C21H24OSi2/c1-23(2,3)22-24(19-13-7-4-8-14-19,20-15-9-5-10-16-20)21-17-11-6-12-18-21/h4-18H,1-3H3. The minimum absolute atomic E-state index is 1.31. The Kier molecular flexibility index (Phi) is 4.85. The highest BCUT2D eigenvalue weighted by atomic mass is 28.4. The number of benzene rings is 3. The summed E-state index contributed by atoms with van der Waals surface area (Å²) in [5, 5.41) is 3.93. The zero-order chi connectivity index (χ0) is 17.0. The summed E-state index contributed by atoms with van der Waals surface area (Å²) in [7, 11) is -4.28. The van der Waals surface area contributed by atoms with Crippen molar-refractivity contribution in [2.24, 2.45) is 0 Å². The SMILES string of the molecule is C[Si](C)(C)O[Si](c1ccccc1)(c1ccccc1)c1ccccc1. The van der Waals surface area contributed by atoms with Crippen molar-refractivity contribution in [1.29, 1.82) is 0 Å². The first-order valence-electron chi connectivity index (χ1n) is 8.39. The van der Waals surface area contributed by atoms with Crippen LogP contribution in [-0.4, -0.2) is 16.6 Å². The van der Waals surface area contributed by atoms with Gasteiger partial charge in [-0.25, -0.2) is 0 Å². The van der Waals surface area contributed by atoms with Crippen molar-refractivity contribution in [3.05, 3.63) is 91.0 Å². The molecule has 0 aliphatic heterocycles. The van der Waals surface area contributed by atoms with Gasteiger partial charge in [0.1, 0.15) is 0 Å². The minimum atomic E-state index is -2.50. The second-order valence-corrected chi connectivity index (χ2v) is 15.1. The van der Waals surface area contributed by atoms with Gasteiger partial charge in [-0.1, -0.05) is 91.0 Å². The molecule has 0 aromatic heterocycles. The van der Waals surface area contributed by atoms with E-state index in [9.17, 15) is 0 Å². The van der Waals surface area contributed by atoms with Gasteiger partial charge in [0.25, 0.3) is 8.32 Å². The van der Waals surface area contributed by atoms with Crippen molar-refractivity contribution in [2.75, 3.05) is 0 Å². The summed E-state index contributed by atoms with van der Waals surface area (Å²) in [6.45, 7) is 6.84. The monoisotopic (exact) mass is 348 g/mol. The first-order valence-corrected chi connectivity index (χ1v) is 13.7. The van der Waals surface area contributed by atoms with Gasteiger partial charge in [-0.05, 0) is 35.2 Å². The van der Waals surface area contributed by atoms with Crippen LogP contribution >= 0.6 is 0 Å². The zero-order valence-electron chi connectivity index (χ0n) is 14.6. The summed E-state index contributed by atoms with van der Waals surface area (Å²) in [6, 6.07) is 32.3. The lowest BCUT2D eigenvalue weighted by atomic mass is 10.3. The van der Waals surface area contributed by atoms with Gasteiger partial charge in [0.2, 0.25) is 0 Å². The summed E-state index contributed by atoms with van der Waals surface area (Å²) >= 11 is 0. The Morgan fingerprint density at radius 2 is 0.792 bits per heavy atom. The first kappa shape index (κ1) is 16.9. The normalized spacial score (nSPS) is 12.1. The van der Waals surface area contributed by atoms with E-state index in [1.165, 1.54) is 15.6 Å². The third kappa shape index (κ3) is 3.43. The zero-order valence-corrected chi connectivity index (χ0v) is 16.6. The molecule has 0 amide bonds. The Balaban J connectivity index is 2.33. The minimum Gasteiger partial charge on any atom is -0.446 e. The molecule has 0 saturated heterocycles. The first-order chi connectivity index (χ1) is 11.5. The molecule has 122 valence electrons. The van der Waals surface area contributed by atoms with E-state index in [2.05, 4.69) is 111 Å². The molecule has 0 unspecified atom stereocenters. The van der Waals surface area contributed by atoms with Crippen molar-refractivity contribution >= 4 is 32.2 Å². The molecule has 0 atom stereocenters. The second-order valence-electron chi connectivity index (χ2n) is 6.99. The molecule has 0 fully saturated rings. The molecule has 0 bridgehead atoms. The fourth-order valence-electron chi connectivity index (χ4n) is 3.15. The molecule has 0 saturated carbocycles. The van der Waals surface area contributed by atoms with Crippen molar-refractivity contribution in [3.8, 4) is 0 Å². The van der Waals surface area contributed by atoms with E-state index in [-0.39, 0.29) is 0 Å². The Labute approximate surface area is 147 Å². The largest absolute Gasteiger partial charge is 0.446 e. The number of hydrogen-bond donors (Lipinski definition) is 0. The lowest BCUT2D eigenvalue weighted by molar-refractivity contribution is 0.579. The second kappa shape index (κ2) is 6.89. The van der Waals surface area contributed by atoms with E-state index >= 15 is 0 Å². The van der Waals surface area contributed by atoms with Gasteiger partial charge in [0, 0.05) is 0 Å². The molecule has 3 aromatic rings. The Hall–Kier alpha value is -1.95. The van der Waals surface area contributed by atoms with E-state index in [1.54, 1.807) is 0 Å². The van der Waals surface area contributed by atoms with Crippen LogP contribution in [0.25, 0.3) is 0 Å².